The first kappa shape index (κ1) is 21.6. The van der Waals surface area contributed by atoms with E-state index in [1.165, 1.54) is 0 Å². The zero-order valence-corrected chi connectivity index (χ0v) is 17.8. The molecule has 1 aromatic heterocycles. The minimum atomic E-state index is -0.447. The summed E-state index contributed by atoms with van der Waals surface area (Å²) >= 11 is 1.55. The maximum atomic E-state index is 12.2. The molecule has 0 aliphatic heterocycles. The molecule has 0 atom stereocenters. The lowest BCUT2D eigenvalue weighted by atomic mass is 10.2. The third kappa shape index (κ3) is 5.93. The number of amides is 1. The van der Waals surface area contributed by atoms with E-state index in [2.05, 4.69) is 10.3 Å². The third-order valence-corrected chi connectivity index (χ3v) is 5.18. The highest BCUT2D eigenvalue weighted by Crippen LogP contribution is 2.29. The van der Waals surface area contributed by atoms with Gasteiger partial charge in [0.25, 0.3) is 5.91 Å². The van der Waals surface area contributed by atoms with Crippen LogP contribution < -0.4 is 14.8 Å². The van der Waals surface area contributed by atoms with E-state index >= 15 is 0 Å². The van der Waals surface area contributed by atoms with Crippen LogP contribution >= 0.6 is 11.3 Å². The van der Waals surface area contributed by atoms with Crippen molar-refractivity contribution in [2.75, 3.05) is 25.1 Å². The van der Waals surface area contributed by atoms with E-state index in [9.17, 15) is 9.59 Å². The molecule has 0 saturated heterocycles. The van der Waals surface area contributed by atoms with Gasteiger partial charge in [0.1, 0.15) is 11.5 Å². The van der Waals surface area contributed by atoms with E-state index in [0.29, 0.717) is 36.8 Å². The summed E-state index contributed by atoms with van der Waals surface area (Å²) in [4.78, 5) is 28.8. The molecule has 0 aliphatic carbocycles. The number of carbonyl (C=O) groups excluding carboxylic acids is 2. The second-order valence-electron chi connectivity index (χ2n) is 6.31. The van der Waals surface area contributed by atoms with Crippen LogP contribution in [0.3, 0.4) is 0 Å². The second kappa shape index (κ2) is 10.6. The summed E-state index contributed by atoms with van der Waals surface area (Å²) in [5.74, 6) is 0.246. The van der Waals surface area contributed by atoms with Gasteiger partial charge in [0, 0.05) is 12.5 Å². The van der Waals surface area contributed by atoms with E-state index in [4.69, 9.17) is 14.2 Å². The number of benzene rings is 2. The number of esters is 1. The van der Waals surface area contributed by atoms with Crippen molar-refractivity contribution in [3.8, 4) is 11.5 Å². The number of fused-ring (bicyclic) bond motifs is 1. The van der Waals surface area contributed by atoms with Gasteiger partial charge < -0.3 is 19.5 Å². The maximum absolute atomic E-state index is 12.2. The summed E-state index contributed by atoms with van der Waals surface area (Å²) in [6, 6.07) is 13.0. The summed E-state index contributed by atoms with van der Waals surface area (Å²) in [6.45, 7) is 4.33. The highest BCUT2D eigenvalue weighted by atomic mass is 32.1. The summed E-state index contributed by atoms with van der Waals surface area (Å²) in [7, 11) is 0. The predicted octanol–water partition coefficient (Wildman–Crippen LogP) is 4.21. The summed E-state index contributed by atoms with van der Waals surface area (Å²) in [5, 5.41) is 3.58. The van der Waals surface area contributed by atoms with Crippen molar-refractivity contribution in [2.45, 2.75) is 26.7 Å². The van der Waals surface area contributed by atoms with Crippen molar-refractivity contribution < 1.29 is 23.8 Å². The molecule has 0 radical (unpaired) electrons. The Hall–Kier alpha value is -3.13. The van der Waals surface area contributed by atoms with Crippen molar-refractivity contribution in [1.82, 2.24) is 4.98 Å². The zero-order chi connectivity index (χ0) is 21.3. The van der Waals surface area contributed by atoms with Crippen LogP contribution in [0.2, 0.25) is 0 Å². The fourth-order valence-corrected chi connectivity index (χ4v) is 3.75. The van der Waals surface area contributed by atoms with E-state index in [1.54, 1.807) is 29.5 Å². The Labute approximate surface area is 179 Å². The molecule has 0 unspecified atom stereocenters. The van der Waals surface area contributed by atoms with Crippen LogP contribution in [0.15, 0.2) is 42.5 Å². The van der Waals surface area contributed by atoms with Gasteiger partial charge in [0.2, 0.25) is 0 Å². The number of ether oxygens (including phenoxy) is 3. The normalized spacial score (nSPS) is 10.6. The average molecular weight is 429 g/mol. The minimum absolute atomic E-state index is 0.164. The molecule has 3 aromatic rings. The first-order valence-corrected chi connectivity index (χ1v) is 10.6. The molecule has 0 aliphatic rings. The van der Waals surface area contributed by atoms with E-state index in [0.717, 1.165) is 15.2 Å². The Bertz CT molecular complexity index is 985. The predicted molar refractivity (Wildman–Crippen MR) is 116 cm³/mol. The van der Waals surface area contributed by atoms with Crippen LogP contribution in [-0.4, -0.2) is 36.7 Å². The number of para-hydroxylation sites is 1. The van der Waals surface area contributed by atoms with Crippen LogP contribution in [0, 0.1) is 0 Å². The highest BCUT2D eigenvalue weighted by Gasteiger charge is 2.13. The molecule has 158 valence electrons. The Morgan fingerprint density at radius 3 is 2.63 bits per heavy atom. The fraction of sp³-hybridized carbons (Fsp3) is 0.318. The molecule has 7 nitrogen and oxygen atoms in total. The zero-order valence-electron chi connectivity index (χ0n) is 17.0. The van der Waals surface area contributed by atoms with Crippen molar-refractivity contribution in [3.63, 3.8) is 0 Å². The van der Waals surface area contributed by atoms with E-state index in [1.807, 2.05) is 38.1 Å². The Balaban J connectivity index is 1.50. The molecule has 0 bridgehead atoms. The van der Waals surface area contributed by atoms with Gasteiger partial charge in [-0.15, -0.1) is 11.3 Å². The van der Waals surface area contributed by atoms with Gasteiger partial charge in [0.05, 0.1) is 40.5 Å². The van der Waals surface area contributed by atoms with Gasteiger partial charge >= 0.3 is 5.97 Å². The third-order valence-electron chi connectivity index (χ3n) is 4.08. The Kier molecular flexibility index (Phi) is 7.62. The molecule has 3 rings (SSSR count). The van der Waals surface area contributed by atoms with Crippen LogP contribution in [0.1, 0.15) is 25.3 Å². The molecule has 0 saturated carbocycles. The molecule has 0 fully saturated rings. The lowest BCUT2D eigenvalue weighted by Gasteiger charge is -2.13. The Morgan fingerprint density at radius 1 is 1.07 bits per heavy atom. The van der Waals surface area contributed by atoms with Crippen LogP contribution in [0.5, 0.6) is 11.5 Å². The van der Waals surface area contributed by atoms with Crippen molar-refractivity contribution in [2.24, 2.45) is 0 Å². The molecule has 1 N–H and O–H groups in total. The topological polar surface area (TPSA) is 86.8 Å². The minimum Gasteiger partial charge on any atom is -0.494 e. The summed E-state index contributed by atoms with van der Waals surface area (Å²) < 4.78 is 17.2. The largest absolute Gasteiger partial charge is 0.494 e. The number of hydrogen-bond acceptors (Lipinski definition) is 7. The van der Waals surface area contributed by atoms with Gasteiger partial charge in [-0.25, -0.2) is 4.98 Å². The number of anilines is 1. The number of carbonyl (C=O) groups is 2. The van der Waals surface area contributed by atoms with Crippen LogP contribution in [-0.2, 0) is 20.7 Å². The molecular formula is C22H24N2O5S. The van der Waals surface area contributed by atoms with Crippen molar-refractivity contribution in [1.29, 1.82) is 0 Å². The molecule has 0 spiro atoms. The molecule has 1 heterocycles. The lowest BCUT2D eigenvalue weighted by Crippen LogP contribution is -2.21. The molecule has 1 amide bonds. The van der Waals surface area contributed by atoms with E-state index < -0.39 is 11.9 Å². The fourth-order valence-electron chi connectivity index (χ4n) is 2.78. The van der Waals surface area contributed by atoms with Gasteiger partial charge in [-0.2, -0.15) is 0 Å². The number of nitrogens with one attached hydrogen (secondary N) is 1. The standard InChI is InChI=1S/C22H24N2O5S/c1-3-27-15-9-10-18(28-4-2)17(13-15)23-20(25)14-29-22(26)12-11-21-24-16-7-5-6-8-19(16)30-21/h5-10,13H,3-4,11-12,14H2,1-2H3,(H,23,25). The number of hydrogen-bond donors (Lipinski definition) is 1. The van der Waals surface area contributed by atoms with E-state index in [-0.39, 0.29) is 13.0 Å². The van der Waals surface area contributed by atoms with Crippen molar-refractivity contribution >= 4 is 39.1 Å². The SMILES string of the molecule is CCOc1ccc(OCC)c(NC(=O)COC(=O)CCc2nc3ccccc3s2)c1. The molecule has 30 heavy (non-hydrogen) atoms. The number of aromatic nitrogens is 1. The molecule has 2 aromatic carbocycles. The molecule has 8 heteroatoms. The Morgan fingerprint density at radius 2 is 1.87 bits per heavy atom. The van der Waals surface area contributed by atoms with Crippen molar-refractivity contribution in [3.05, 3.63) is 47.5 Å². The molecular weight excluding hydrogens is 404 g/mol. The number of thiazole rings is 1. The number of aryl methyl sites for hydroxylation is 1. The number of rotatable bonds is 10. The average Bonchev–Trinajstić information content (AvgIpc) is 3.16. The summed E-state index contributed by atoms with van der Waals surface area (Å²) in [5.41, 5.74) is 1.39. The quantitative estimate of drug-likeness (QED) is 0.487. The first-order valence-electron chi connectivity index (χ1n) is 9.78. The number of nitrogens with zero attached hydrogens (tertiary/aromatic N) is 1. The van der Waals surface area contributed by atoms with Gasteiger partial charge in [-0.05, 0) is 38.1 Å². The van der Waals surface area contributed by atoms with Gasteiger partial charge in [-0.1, -0.05) is 12.1 Å². The lowest BCUT2D eigenvalue weighted by molar-refractivity contribution is -0.147. The van der Waals surface area contributed by atoms with Gasteiger partial charge in [-0.3, -0.25) is 9.59 Å². The smallest absolute Gasteiger partial charge is 0.306 e. The summed E-state index contributed by atoms with van der Waals surface area (Å²) in [6.07, 6.45) is 0.641. The maximum Gasteiger partial charge on any atom is 0.306 e. The highest BCUT2D eigenvalue weighted by molar-refractivity contribution is 7.18. The van der Waals surface area contributed by atoms with Crippen LogP contribution in [0.25, 0.3) is 10.2 Å². The first-order chi connectivity index (χ1) is 14.6. The monoisotopic (exact) mass is 428 g/mol. The van der Waals surface area contributed by atoms with Crippen LogP contribution in [0.4, 0.5) is 5.69 Å². The second-order valence-corrected chi connectivity index (χ2v) is 7.42. The van der Waals surface area contributed by atoms with Gasteiger partial charge in [0.15, 0.2) is 6.61 Å².